The van der Waals surface area contributed by atoms with Gasteiger partial charge in [-0.05, 0) is 29.8 Å². The first-order valence-corrected chi connectivity index (χ1v) is 8.14. The van der Waals surface area contributed by atoms with Gasteiger partial charge in [-0.15, -0.1) is 6.58 Å². The summed E-state index contributed by atoms with van der Waals surface area (Å²) < 4.78 is 5.16. The zero-order valence-electron chi connectivity index (χ0n) is 14.1. The molecule has 1 aliphatic rings. The van der Waals surface area contributed by atoms with Gasteiger partial charge in [0.15, 0.2) is 5.60 Å². The number of carbonyl (C=O) groups is 1. The van der Waals surface area contributed by atoms with Gasteiger partial charge in [-0.1, -0.05) is 48.6 Å². The minimum Gasteiger partial charge on any atom is -0.497 e. The van der Waals surface area contributed by atoms with Gasteiger partial charge in [0, 0.05) is 12.1 Å². The summed E-state index contributed by atoms with van der Waals surface area (Å²) in [7, 11) is 1.60. The van der Waals surface area contributed by atoms with Gasteiger partial charge in [-0.2, -0.15) is 0 Å². The maximum absolute atomic E-state index is 12.6. The molecule has 1 N–H and O–H groups in total. The summed E-state index contributed by atoms with van der Waals surface area (Å²) >= 11 is 0. The highest BCUT2D eigenvalue weighted by molar-refractivity contribution is 6.09. The quantitative estimate of drug-likeness (QED) is 0.650. The van der Waals surface area contributed by atoms with Crippen LogP contribution in [0.4, 0.5) is 5.69 Å². The molecule has 0 aromatic heterocycles. The van der Waals surface area contributed by atoms with E-state index in [1.165, 1.54) is 0 Å². The highest BCUT2D eigenvalue weighted by atomic mass is 16.5. The molecule has 0 spiro atoms. The number of ether oxygens (including phenoxy) is 1. The van der Waals surface area contributed by atoms with Crippen LogP contribution >= 0.6 is 0 Å². The average molecular weight is 335 g/mol. The maximum atomic E-state index is 12.6. The van der Waals surface area contributed by atoms with E-state index in [0.29, 0.717) is 0 Å². The molecule has 2 atom stereocenters. The Morgan fingerprint density at radius 1 is 1.20 bits per heavy atom. The number of hydrogen-bond donors (Lipinski definition) is 1. The Kier molecular flexibility index (Phi) is 4.72. The Balaban J connectivity index is 1.91. The Hall–Kier alpha value is -2.85. The molecule has 3 rings (SSSR count). The van der Waals surface area contributed by atoms with Crippen molar-refractivity contribution in [3.8, 4) is 5.75 Å². The van der Waals surface area contributed by atoms with Crippen molar-refractivity contribution in [2.45, 2.75) is 18.1 Å². The Morgan fingerprint density at radius 2 is 1.88 bits per heavy atom. The number of amides is 1. The number of benzene rings is 2. The van der Waals surface area contributed by atoms with Crippen LogP contribution in [0.2, 0.25) is 0 Å². The van der Waals surface area contributed by atoms with E-state index in [0.717, 1.165) is 17.0 Å². The van der Waals surface area contributed by atoms with Crippen LogP contribution < -0.4 is 9.64 Å². The molecule has 1 amide bonds. The van der Waals surface area contributed by atoms with Gasteiger partial charge in [-0.25, -0.2) is 0 Å². The minimum atomic E-state index is -1.45. The fraction of sp³-hybridized carbons (Fsp3) is 0.190. The monoisotopic (exact) mass is 335 g/mol. The molecular formula is C21H21NO3. The van der Waals surface area contributed by atoms with Crippen LogP contribution in [0.1, 0.15) is 12.0 Å². The summed E-state index contributed by atoms with van der Waals surface area (Å²) in [6.45, 7) is 3.66. The van der Waals surface area contributed by atoms with Crippen molar-refractivity contribution in [2.24, 2.45) is 0 Å². The Labute approximate surface area is 147 Å². The van der Waals surface area contributed by atoms with E-state index in [1.54, 1.807) is 30.2 Å². The zero-order valence-corrected chi connectivity index (χ0v) is 14.1. The van der Waals surface area contributed by atoms with Crippen LogP contribution in [0.25, 0.3) is 6.08 Å². The molecule has 1 aliphatic heterocycles. The minimum absolute atomic E-state index is 0.211. The van der Waals surface area contributed by atoms with Crippen LogP contribution in [-0.2, 0) is 4.79 Å². The summed E-state index contributed by atoms with van der Waals surface area (Å²) in [5.74, 6) is 0.398. The summed E-state index contributed by atoms with van der Waals surface area (Å²) in [6, 6.07) is 16.6. The number of methoxy groups -OCH3 is 1. The topological polar surface area (TPSA) is 49.8 Å². The fourth-order valence-electron chi connectivity index (χ4n) is 3.07. The van der Waals surface area contributed by atoms with Gasteiger partial charge in [0.1, 0.15) is 5.75 Å². The number of rotatable bonds is 6. The molecular weight excluding hydrogens is 314 g/mol. The predicted molar refractivity (Wildman–Crippen MR) is 99.5 cm³/mol. The largest absolute Gasteiger partial charge is 0.497 e. The number of aliphatic hydroxyl groups is 1. The van der Waals surface area contributed by atoms with E-state index in [4.69, 9.17) is 4.74 Å². The molecule has 4 nitrogen and oxygen atoms in total. The molecule has 2 aromatic rings. The normalized spacial score (nSPS) is 22.7. The van der Waals surface area contributed by atoms with Crippen molar-refractivity contribution in [1.82, 2.24) is 0 Å². The second kappa shape index (κ2) is 6.95. The number of β-lactam (4-membered cyclic amide) rings is 1. The first kappa shape index (κ1) is 17.0. The molecule has 2 aromatic carbocycles. The van der Waals surface area contributed by atoms with Gasteiger partial charge >= 0.3 is 0 Å². The number of nitrogens with zero attached hydrogens (tertiary/aromatic N) is 1. The van der Waals surface area contributed by atoms with Gasteiger partial charge in [0.2, 0.25) is 0 Å². The van der Waals surface area contributed by atoms with Gasteiger partial charge < -0.3 is 9.84 Å². The van der Waals surface area contributed by atoms with Crippen molar-refractivity contribution in [3.63, 3.8) is 0 Å². The Bertz CT molecular complexity index is 783. The number of hydrogen-bond acceptors (Lipinski definition) is 3. The standard InChI is InChI=1S/C21H21NO3/c1-3-15-21(24)19(14-9-16-7-5-4-6-8-16)22(20(21)23)17-10-12-18(25-2)13-11-17/h3-14,19,24H,1,15H2,2H3/b14-9+/t19-,21+/m1/s1. The SMILES string of the molecule is C=CC[C@@]1(O)C(=O)N(c2ccc(OC)cc2)[C@@H]1/C=C/c1ccccc1. The van der Waals surface area contributed by atoms with Crippen LogP contribution in [0.15, 0.2) is 73.3 Å². The smallest absolute Gasteiger partial charge is 0.262 e. The van der Waals surface area contributed by atoms with E-state index in [1.807, 2.05) is 54.6 Å². The van der Waals surface area contributed by atoms with E-state index < -0.39 is 11.6 Å². The molecule has 1 fully saturated rings. The number of carbonyl (C=O) groups excluding carboxylic acids is 1. The van der Waals surface area contributed by atoms with Crippen molar-refractivity contribution in [1.29, 1.82) is 0 Å². The summed E-state index contributed by atoms with van der Waals surface area (Å²) in [5, 5.41) is 10.8. The van der Waals surface area contributed by atoms with Crippen molar-refractivity contribution >= 4 is 17.7 Å². The van der Waals surface area contributed by atoms with E-state index in [-0.39, 0.29) is 12.3 Å². The average Bonchev–Trinajstić information content (AvgIpc) is 2.66. The first-order chi connectivity index (χ1) is 12.1. The van der Waals surface area contributed by atoms with Crippen LogP contribution in [0, 0.1) is 0 Å². The lowest BCUT2D eigenvalue weighted by Crippen LogP contribution is -2.73. The first-order valence-electron chi connectivity index (χ1n) is 8.14. The summed E-state index contributed by atoms with van der Waals surface area (Å²) in [5.41, 5.74) is 0.284. The van der Waals surface area contributed by atoms with Crippen LogP contribution in [0.3, 0.4) is 0 Å². The summed E-state index contributed by atoms with van der Waals surface area (Å²) in [6.07, 6.45) is 5.57. The van der Waals surface area contributed by atoms with Gasteiger partial charge in [0.05, 0.1) is 13.2 Å². The van der Waals surface area contributed by atoms with Gasteiger partial charge in [0.25, 0.3) is 5.91 Å². The molecule has 0 unspecified atom stereocenters. The van der Waals surface area contributed by atoms with Crippen molar-refractivity contribution in [2.75, 3.05) is 12.0 Å². The van der Waals surface area contributed by atoms with E-state index >= 15 is 0 Å². The predicted octanol–water partition coefficient (Wildman–Crippen LogP) is 3.43. The number of anilines is 1. The third-order valence-corrected chi connectivity index (χ3v) is 4.43. The highest BCUT2D eigenvalue weighted by Gasteiger charge is 2.58. The third kappa shape index (κ3) is 3.08. The van der Waals surface area contributed by atoms with E-state index in [2.05, 4.69) is 6.58 Å². The molecule has 0 bridgehead atoms. The molecule has 25 heavy (non-hydrogen) atoms. The highest BCUT2D eigenvalue weighted by Crippen LogP contribution is 2.39. The van der Waals surface area contributed by atoms with Gasteiger partial charge in [-0.3, -0.25) is 9.69 Å². The molecule has 4 heteroatoms. The van der Waals surface area contributed by atoms with Crippen molar-refractivity contribution < 1.29 is 14.6 Å². The van der Waals surface area contributed by atoms with Crippen molar-refractivity contribution in [3.05, 3.63) is 78.9 Å². The van der Waals surface area contributed by atoms with E-state index in [9.17, 15) is 9.90 Å². The second-order valence-corrected chi connectivity index (χ2v) is 6.00. The molecule has 128 valence electrons. The zero-order chi connectivity index (χ0) is 17.9. The summed E-state index contributed by atoms with van der Waals surface area (Å²) in [4.78, 5) is 14.2. The van der Waals surface area contributed by atoms with Crippen LogP contribution in [-0.4, -0.2) is 29.8 Å². The maximum Gasteiger partial charge on any atom is 0.262 e. The lowest BCUT2D eigenvalue weighted by molar-refractivity contribution is -0.149. The molecule has 0 saturated carbocycles. The molecule has 1 saturated heterocycles. The molecule has 0 radical (unpaired) electrons. The third-order valence-electron chi connectivity index (χ3n) is 4.43. The molecule has 0 aliphatic carbocycles. The molecule has 1 heterocycles. The Morgan fingerprint density at radius 3 is 2.48 bits per heavy atom. The van der Waals surface area contributed by atoms with Crippen LogP contribution in [0.5, 0.6) is 5.75 Å². The fourth-order valence-corrected chi connectivity index (χ4v) is 3.07. The second-order valence-electron chi connectivity index (χ2n) is 6.00. The lowest BCUT2D eigenvalue weighted by Gasteiger charge is -2.51. The lowest BCUT2D eigenvalue weighted by atomic mass is 9.78.